The summed E-state index contributed by atoms with van der Waals surface area (Å²) in [5.41, 5.74) is 1.66. The maximum Gasteiger partial charge on any atom is 0.180 e. The molecule has 0 saturated carbocycles. The number of ketones is 1. The predicted octanol–water partition coefficient (Wildman–Crippen LogP) is 3.81. The van der Waals surface area contributed by atoms with Gasteiger partial charge in [0.2, 0.25) is 0 Å². The third-order valence-corrected chi connectivity index (χ3v) is 3.83. The van der Waals surface area contributed by atoms with Crippen LogP contribution in [0.3, 0.4) is 0 Å². The molecular formula is C18H24ClNO3. The number of likely N-dealkylation sites (tertiary alicyclic amines) is 1. The molecule has 1 aromatic rings. The van der Waals surface area contributed by atoms with Crippen LogP contribution in [0.15, 0.2) is 17.7 Å². The maximum absolute atomic E-state index is 12.1. The summed E-state index contributed by atoms with van der Waals surface area (Å²) in [7, 11) is 2.01. The third kappa shape index (κ3) is 4.72. The fourth-order valence-corrected chi connectivity index (χ4v) is 2.79. The normalized spacial score (nSPS) is 17.8. The number of ether oxygens (including phenoxy) is 2. The van der Waals surface area contributed by atoms with Crippen molar-refractivity contribution in [3.63, 3.8) is 0 Å². The Morgan fingerprint density at radius 2 is 2.13 bits per heavy atom. The second-order valence-electron chi connectivity index (χ2n) is 6.01. The van der Waals surface area contributed by atoms with Crippen molar-refractivity contribution in [2.45, 2.75) is 33.3 Å². The van der Waals surface area contributed by atoms with Gasteiger partial charge in [-0.15, -0.1) is 0 Å². The van der Waals surface area contributed by atoms with E-state index in [9.17, 15) is 4.79 Å². The zero-order chi connectivity index (χ0) is 17.0. The zero-order valence-electron chi connectivity index (χ0n) is 14.2. The van der Waals surface area contributed by atoms with E-state index in [-0.39, 0.29) is 11.9 Å². The highest BCUT2D eigenvalue weighted by molar-refractivity contribution is 6.32. The van der Waals surface area contributed by atoms with Crippen molar-refractivity contribution >= 4 is 23.5 Å². The number of hydrogen-bond donors (Lipinski definition) is 0. The van der Waals surface area contributed by atoms with Gasteiger partial charge in [0.15, 0.2) is 17.3 Å². The summed E-state index contributed by atoms with van der Waals surface area (Å²) in [6, 6.07) is 3.69. The molecule has 0 unspecified atom stereocenters. The molecule has 0 amide bonds. The van der Waals surface area contributed by atoms with Gasteiger partial charge in [0, 0.05) is 25.1 Å². The number of Topliss-reactive ketones (excluding diaryl/α,β-unsaturated/α-hetero) is 1. The molecular weight excluding hydrogens is 314 g/mol. The molecule has 0 atom stereocenters. The molecule has 1 aliphatic rings. The Balaban J connectivity index is 2.37. The van der Waals surface area contributed by atoms with E-state index in [1.54, 1.807) is 0 Å². The number of carbonyl (C=O) groups is 1. The molecule has 0 radical (unpaired) electrons. The van der Waals surface area contributed by atoms with Gasteiger partial charge in [-0.25, -0.2) is 0 Å². The summed E-state index contributed by atoms with van der Waals surface area (Å²) < 4.78 is 11.4. The third-order valence-electron chi connectivity index (χ3n) is 3.55. The number of halogens is 1. The smallest absolute Gasteiger partial charge is 0.180 e. The van der Waals surface area contributed by atoms with Gasteiger partial charge in [0.25, 0.3) is 0 Å². The number of rotatable bonds is 5. The van der Waals surface area contributed by atoms with Crippen molar-refractivity contribution in [1.29, 1.82) is 0 Å². The van der Waals surface area contributed by atoms with Gasteiger partial charge in [-0.2, -0.15) is 0 Å². The van der Waals surface area contributed by atoms with Crippen LogP contribution in [0.4, 0.5) is 0 Å². The molecule has 1 aromatic carbocycles. The molecule has 23 heavy (non-hydrogen) atoms. The largest absolute Gasteiger partial charge is 0.490 e. The van der Waals surface area contributed by atoms with Crippen LogP contribution >= 0.6 is 11.6 Å². The number of carbonyl (C=O) groups excluding carboxylic acids is 1. The van der Waals surface area contributed by atoms with Crippen molar-refractivity contribution in [1.82, 2.24) is 4.90 Å². The van der Waals surface area contributed by atoms with Crippen LogP contribution < -0.4 is 9.47 Å². The monoisotopic (exact) mass is 337 g/mol. The van der Waals surface area contributed by atoms with Gasteiger partial charge in [0.05, 0.1) is 17.7 Å². The molecule has 0 aliphatic carbocycles. The van der Waals surface area contributed by atoms with Crippen LogP contribution in [-0.4, -0.2) is 43.5 Å². The molecule has 5 heteroatoms. The fraction of sp³-hybridized carbons (Fsp3) is 0.500. The van der Waals surface area contributed by atoms with E-state index in [0.29, 0.717) is 36.1 Å². The van der Waals surface area contributed by atoms with Crippen LogP contribution in [0.2, 0.25) is 5.02 Å². The Hall–Kier alpha value is -1.52. The first kappa shape index (κ1) is 17.8. The minimum Gasteiger partial charge on any atom is -0.490 e. The summed E-state index contributed by atoms with van der Waals surface area (Å²) in [5.74, 6) is 1.36. The van der Waals surface area contributed by atoms with Crippen LogP contribution in [0.5, 0.6) is 11.5 Å². The van der Waals surface area contributed by atoms with Gasteiger partial charge in [-0.05, 0) is 51.6 Å². The quantitative estimate of drug-likeness (QED) is 0.766. The SMILES string of the molecule is CCOc1cc(/C=C2\CN(C)CCC2=O)cc(Cl)c1OC(C)C. The Morgan fingerprint density at radius 3 is 2.78 bits per heavy atom. The number of hydrogen-bond acceptors (Lipinski definition) is 4. The topological polar surface area (TPSA) is 38.8 Å². The molecule has 0 N–H and O–H groups in total. The van der Waals surface area contributed by atoms with E-state index in [1.165, 1.54) is 0 Å². The summed E-state index contributed by atoms with van der Waals surface area (Å²) in [5, 5.41) is 0.494. The Morgan fingerprint density at radius 1 is 1.39 bits per heavy atom. The second kappa shape index (κ2) is 7.84. The lowest BCUT2D eigenvalue weighted by molar-refractivity contribution is -0.117. The van der Waals surface area contributed by atoms with Gasteiger partial charge in [0.1, 0.15) is 0 Å². The molecule has 0 spiro atoms. The van der Waals surface area contributed by atoms with E-state index in [0.717, 1.165) is 17.7 Å². The highest BCUT2D eigenvalue weighted by Crippen LogP contribution is 2.38. The average molecular weight is 338 g/mol. The molecule has 1 fully saturated rings. The highest BCUT2D eigenvalue weighted by Gasteiger charge is 2.19. The Bertz CT molecular complexity index is 611. The van der Waals surface area contributed by atoms with Crippen LogP contribution in [0.25, 0.3) is 6.08 Å². The van der Waals surface area contributed by atoms with Gasteiger partial charge < -0.3 is 14.4 Å². The number of likely N-dealkylation sites (N-methyl/N-ethyl adjacent to an activating group) is 1. The number of benzene rings is 1. The standard InChI is InChI=1S/C18H24ClNO3/c1-5-22-17-10-13(9-15(19)18(17)23-12(2)3)8-14-11-20(4)7-6-16(14)21/h8-10,12H,5-7,11H2,1-4H3/b14-8+. The first-order valence-electron chi connectivity index (χ1n) is 7.96. The van der Waals surface area contributed by atoms with Gasteiger partial charge in [-0.1, -0.05) is 11.6 Å². The lowest BCUT2D eigenvalue weighted by Gasteiger charge is -2.23. The van der Waals surface area contributed by atoms with Crippen molar-refractivity contribution in [2.24, 2.45) is 0 Å². The molecule has 0 bridgehead atoms. The van der Waals surface area contributed by atoms with E-state index < -0.39 is 0 Å². The molecule has 2 rings (SSSR count). The predicted molar refractivity (Wildman–Crippen MR) is 93.5 cm³/mol. The number of piperidine rings is 1. The summed E-state index contributed by atoms with van der Waals surface area (Å²) >= 11 is 6.37. The minimum absolute atomic E-state index is 0.00415. The average Bonchev–Trinajstić information content (AvgIpc) is 2.46. The lowest BCUT2D eigenvalue weighted by atomic mass is 10.0. The van der Waals surface area contributed by atoms with E-state index in [1.807, 2.05) is 46.0 Å². The van der Waals surface area contributed by atoms with Gasteiger partial charge >= 0.3 is 0 Å². The molecule has 126 valence electrons. The first-order chi connectivity index (χ1) is 10.9. The molecule has 1 aliphatic heterocycles. The summed E-state index contributed by atoms with van der Waals surface area (Å²) in [4.78, 5) is 14.2. The van der Waals surface area contributed by atoms with Crippen molar-refractivity contribution in [3.05, 3.63) is 28.3 Å². The van der Waals surface area contributed by atoms with E-state index in [2.05, 4.69) is 4.90 Å². The minimum atomic E-state index is 0.00415. The summed E-state index contributed by atoms with van der Waals surface area (Å²) in [6.45, 7) is 7.79. The number of nitrogens with zero attached hydrogens (tertiary/aromatic N) is 1. The van der Waals surface area contributed by atoms with E-state index >= 15 is 0 Å². The summed E-state index contributed by atoms with van der Waals surface area (Å²) in [6.07, 6.45) is 2.46. The van der Waals surface area contributed by atoms with Crippen molar-refractivity contribution < 1.29 is 14.3 Å². The van der Waals surface area contributed by atoms with Crippen LogP contribution in [0, 0.1) is 0 Å². The van der Waals surface area contributed by atoms with Gasteiger partial charge in [-0.3, -0.25) is 4.79 Å². The Labute approximate surface area is 143 Å². The molecule has 1 heterocycles. The van der Waals surface area contributed by atoms with Crippen molar-refractivity contribution in [2.75, 3.05) is 26.7 Å². The molecule has 1 saturated heterocycles. The first-order valence-corrected chi connectivity index (χ1v) is 8.33. The molecule has 0 aromatic heterocycles. The van der Waals surface area contributed by atoms with Crippen molar-refractivity contribution in [3.8, 4) is 11.5 Å². The highest BCUT2D eigenvalue weighted by atomic mass is 35.5. The zero-order valence-corrected chi connectivity index (χ0v) is 14.9. The fourth-order valence-electron chi connectivity index (χ4n) is 2.52. The van der Waals surface area contributed by atoms with Crippen LogP contribution in [-0.2, 0) is 4.79 Å². The lowest BCUT2D eigenvalue weighted by Crippen LogP contribution is -2.32. The Kier molecular flexibility index (Phi) is 6.08. The van der Waals surface area contributed by atoms with Crippen LogP contribution in [0.1, 0.15) is 32.8 Å². The maximum atomic E-state index is 12.1. The molecule has 4 nitrogen and oxygen atoms in total. The van der Waals surface area contributed by atoms with E-state index in [4.69, 9.17) is 21.1 Å². The second-order valence-corrected chi connectivity index (χ2v) is 6.42.